The zero-order valence-corrected chi connectivity index (χ0v) is 21.0. The second kappa shape index (κ2) is 10.9. The van der Waals surface area contributed by atoms with E-state index >= 15 is 0 Å². The van der Waals surface area contributed by atoms with E-state index < -0.39 is 12.2 Å². The molecule has 0 bridgehead atoms. The van der Waals surface area contributed by atoms with Crippen LogP contribution in [-0.2, 0) is 22.6 Å². The lowest BCUT2D eigenvalue weighted by atomic mass is 10.0. The molecule has 1 aromatic carbocycles. The lowest BCUT2D eigenvalue weighted by Gasteiger charge is -2.24. The summed E-state index contributed by atoms with van der Waals surface area (Å²) in [5.41, 5.74) is 3.74. The number of hydrogen-bond acceptors (Lipinski definition) is 6. The largest absolute Gasteiger partial charge is 0.354 e. The van der Waals surface area contributed by atoms with Crippen molar-refractivity contribution in [3.8, 4) is 0 Å². The number of carbonyl (C=O) groups is 3. The number of ketones is 2. The zero-order chi connectivity index (χ0) is 26.6. The minimum Gasteiger partial charge on any atom is -0.354 e. The van der Waals surface area contributed by atoms with Crippen molar-refractivity contribution < 1.29 is 18.8 Å². The summed E-state index contributed by atoms with van der Waals surface area (Å²) in [6, 6.07) is 12.2. The zero-order valence-electron chi connectivity index (χ0n) is 21.0. The van der Waals surface area contributed by atoms with Gasteiger partial charge in [0, 0.05) is 59.8 Å². The van der Waals surface area contributed by atoms with Gasteiger partial charge < -0.3 is 14.8 Å². The summed E-state index contributed by atoms with van der Waals surface area (Å²) >= 11 is 0. The Morgan fingerprint density at radius 2 is 1.87 bits per heavy atom. The maximum atomic E-state index is 14.4. The number of pyridine rings is 2. The van der Waals surface area contributed by atoms with Crippen LogP contribution < -0.4 is 5.32 Å². The van der Waals surface area contributed by atoms with Gasteiger partial charge in [0.2, 0.25) is 5.91 Å². The number of anilines is 2. The number of nitrogens with one attached hydrogen (secondary N) is 1. The van der Waals surface area contributed by atoms with E-state index in [1.807, 2.05) is 42.5 Å². The van der Waals surface area contributed by atoms with Crippen LogP contribution in [0.5, 0.6) is 0 Å². The first kappa shape index (κ1) is 25.3. The molecule has 0 unspecified atom stereocenters. The van der Waals surface area contributed by atoms with Crippen molar-refractivity contribution >= 4 is 39.8 Å². The Kier molecular flexibility index (Phi) is 7.26. The first-order valence-corrected chi connectivity index (χ1v) is 12.5. The normalized spacial score (nSPS) is 17.1. The third-order valence-electron chi connectivity index (χ3n) is 6.87. The number of alkyl halides is 1. The molecule has 2 atom stereocenters. The maximum absolute atomic E-state index is 14.4. The Morgan fingerprint density at radius 1 is 1.05 bits per heavy atom. The molecule has 5 rings (SSSR count). The van der Waals surface area contributed by atoms with Gasteiger partial charge in [-0.15, -0.1) is 0 Å². The van der Waals surface area contributed by atoms with Crippen LogP contribution in [0.2, 0.25) is 0 Å². The molecule has 1 fully saturated rings. The third kappa shape index (κ3) is 5.46. The molecule has 3 aromatic heterocycles. The molecule has 9 heteroatoms. The number of likely N-dealkylation sites (tertiary alicyclic amines) is 1. The van der Waals surface area contributed by atoms with Crippen molar-refractivity contribution in [3.05, 3.63) is 84.6 Å². The van der Waals surface area contributed by atoms with Gasteiger partial charge in [0.15, 0.2) is 11.6 Å². The molecular formula is C29H28FN5O3. The molecule has 1 N–H and O–H groups in total. The van der Waals surface area contributed by atoms with Crippen LogP contribution in [0.15, 0.2) is 73.4 Å². The van der Waals surface area contributed by atoms with Crippen LogP contribution in [0.3, 0.4) is 0 Å². The molecule has 1 aliphatic heterocycles. The van der Waals surface area contributed by atoms with Crippen molar-refractivity contribution in [1.29, 1.82) is 0 Å². The lowest BCUT2D eigenvalue weighted by Crippen LogP contribution is -2.42. The van der Waals surface area contributed by atoms with Crippen LogP contribution >= 0.6 is 0 Å². The number of Topliss-reactive ketones (excluding diaryl/α,β-unsaturated/α-hetero) is 2. The Bertz CT molecular complexity index is 1470. The molecule has 38 heavy (non-hydrogen) atoms. The molecule has 4 heterocycles. The van der Waals surface area contributed by atoms with Gasteiger partial charge in [0.1, 0.15) is 12.7 Å². The number of aromatic nitrogens is 3. The van der Waals surface area contributed by atoms with Crippen LogP contribution in [-0.4, -0.2) is 55.7 Å². The molecule has 0 saturated carbocycles. The van der Waals surface area contributed by atoms with Gasteiger partial charge in [-0.05, 0) is 61.4 Å². The summed E-state index contributed by atoms with van der Waals surface area (Å²) in [5, 5.41) is 3.97. The van der Waals surface area contributed by atoms with Crippen LogP contribution in [0, 0.1) is 0 Å². The lowest BCUT2D eigenvalue weighted by molar-refractivity contribution is -0.138. The first-order chi connectivity index (χ1) is 18.4. The third-order valence-corrected chi connectivity index (χ3v) is 6.87. The van der Waals surface area contributed by atoms with E-state index in [2.05, 4.69) is 15.3 Å². The van der Waals surface area contributed by atoms with Crippen molar-refractivity contribution in [2.45, 2.75) is 44.9 Å². The molecule has 1 aliphatic rings. The standard InChI is InChI=1S/C29H28FN5O3/c1-19(36)25-17-34(26-6-5-22(14-24(25)26)33-23-3-2-10-32-15-23)18-29(38)35-16-21(30)13-27(35)28(37)7-4-20-8-11-31-12-9-20/h2-3,5-6,8-12,14-15,17,21,27,33H,4,7,13,16,18H2,1H3/t21-,27+/m1/s1. The quantitative estimate of drug-likeness (QED) is 0.331. The van der Waals surface area contributed by atoms with E-state index in [0.29, 0.717) is 22.9 Å². The van der Waals surface area contributed by atoms with E-state index in [1.165, 1.54) is 11.8 Å². The number of rotatable bonds is 9. The Hall–Kier alpha value is -4.40. The van der Waals surface area contributed by atoms with Gasteiger partial charge in [0.25, 0.3) is 0 Å². The molecule has 8 nitrogen and oxygen atoms in total. The predicted molar refractivity (Wildman–Crippen MR) is 142 cm³/mol. The average molecular weight is 514 g/mol. The fraction of sp³-hybridized carbons (Fsp3) is 0.276. The summed E-state index contributed by atoms with van der Waals surface area (Å²) in [7, 11) is 0. The van der Waals surface area contributed by atoms with Gasteiger partial charge in [-0.1, -0.05) is 0 Å². The number of benzene rings is 1. The fourth-order valence-corrected chi connectivity index (χ4v) is 4.98. The van der Waals surface area contributed by atoms with Gasteiger partial charge >= 0.3 is 0 Å². The van der Waals surface area contributed by atoms with E-state index in [1.54, 1.807) is 35.6 Å². The molecule has 1 amide bonds. The summed E-state index contributed by atoms with van der Waals surface area (Å²) in [6.45, 7) is 1.27. The number of fused-ring (bicyclic) bond motifs is 1. The highest BCUT2D eigenvalue weighted by Crippen LogP contribution is 2.29. The second-order valence-electron chi connectivity index (χ2n) is 9.54. The smallest absolute Gasteiger partial charge is 0.243 e. The molecule has 194 valence electrons. The SMILES string of the molecule is CC(=O)c1cn(CC(=O)N2C[C@H](F)C[C@H]2C(=O)CCc2ccncc2)c2ccc(Nc3cccnc3)cc12. The topological polar surface area (TPSA) is 97.2 Å². The van der Waals surface area contributed by atoms with Crippen molar-refractivity contribution in [2.24, 2.45) is 0 Å². The molecule has 4 aromatic rings. The van der Waals surface area contributed by atoms with Gasteiger partial charge in [-0.25, -0.2) is 4.39 Å². The highest BCUT2D eigenvalue weighted by molar-refractivity contribution is 6.08. The summed E-state index contributed by atoms with van der Waals surface area (Å²) in [4.78, 5) is 48.2. The van der Waals surface area contributed by atoms with Gasteiger partial charge in [-0.3, -0.25) is 24.4 Å². The predicted octanol–water partition coefficient (Wildman–Crippen LogP) is 4.52. The van der Waals surface area contributed by atoms with E-state index in [-0.39, 0.29) is 43.4 Å². The number of amides is 1. The van der Waals surface area contributed by atoms with Crippen molar-refractivity contribution in [2.75, 3.05) is 11.9 Å². The summed E-state index contributed by atoms with van der Waals surface area (Å²) in [5.74, 6) is -0.630. The Labute approximate surface area is 219 Å². The van der Waals surface area contributed by atoms with Crippen LogP contribution in [0.4, 0.5) is 15.8 Å². The minimum atomic E-state index is -1.25. The van der Waals surface area contributed by atoms with Crippen LogP contribution in [0.25, 0.3) is 10.9 Å². The van der Waals surface area contributed by atoms with Crippen molar-refractivity contribution in [3.63, 3.8) is 0 Å². The molecule has 0 aliphatic carbocycles. The van der Waals surface area contributed by atoms with E-state index in [0.717, 1.165) is 16.9 Å². The highest BCUT2D eigenvalue weighted by Gasteiger charge is 2.39. The summed E-state index contributed by atoms with van der Waals surface area (Å²) in [6.07, 6.45) is 7.86. The Balaban J connectivity index is 1.34. The van der Waals surface area contributed by atoms with E-state index in [9.17, 15) is 18.8 Å². The van der Waals surface area contributed by atoms with Gasteiger partial charge in [-0.2, -0.15) is 0 Å². The number of aryl methyl sites for hydroxylation is 1. The molecule has 1 saturated heterocycles. The fourth-order valence-electron chi connectivity index (χ4n) is 4.98. The molecule has 0 radical (unpaired) electrons. The molecule has 0 spiro atoms. The number of halogens is 1. The molecular weight excluding hydrogens is 485 g/mol. The summed E-state index contributed by atoms with van der Waals surface area (Å²) < 4.78 is 16.1. The van der Waals surface area contributed by atoms with Crippen LogP contribution in [0.1, 0.15) is 35.7 Å². The number of nitrogens with zero attached hydrogens (tertiary/aromatic N) is 4. The Morgan fingerprint density at radius 3 is 2.61 bits per heavy atom. The first-order valence-electron chi connectivity index (χ1n) is 12.5. The average Bonchev–Trinajstić information content (AvgIpc) is 3.49. The number of carbonyl (C=O) groups excluding carboxylic acids is 3. The second-order valence-corrected chi connectivity index (χ2v) is 9.54. The van der Waals surface area contributed by atoms with Gasteiger partial charge in [0.05, 0.1) is 24.5 Å². The number of hydrogen-bond donors (Lipinski definition) is 1. The maximum Gasteiger partial charge on any atom is 0.243 e. The monoisotopic (exact) mass is 513 g/mol. The highest BCUT2D eigenvalue weighted by atomic mass is 19.1. The van der Waals surface area contributed by atoms with Crippen molar-refractivity contribution in [1.82, 2.24) is 19.4 Å². The van der Waals surface area contributed by atoms with E-state index in [4.69, 9.17) is 0 Å². The minimum absolute atomic E-state index is 0.00934.